The van der Waals surface area contributed by atoms with E-state index in [0.717, 1.165) is 18.3 Å². The number of amides is 1. The highest BCUT2D eigenvalue weighted by Gasteiger charge is 2.44. The average Bonchev–Trinajstić information content (AvgIpc) is 3.13. The van der Waals surface area contributed by atoms with Gasteiger partial charge in [-0.1, -0.05) is 53.3 Å². The van der Waals surface area contributed by atoms with Crippen LogP contribution in [0.1, 0.15) is 18.2 Å². The van der Waals surface area contributed by atoms with Crippen molar-refractivity contribution in [1.82, 2.24) is 9.97 Å². The maximum Gasteiger partial charge on any atom is 0.493 e. The molecule has 0 fully saturated rings. The zero-order valence-electron chi connectivity index (χ0n) is 18.0. The predicted octanol–water partition coefficient (Wildman–Crippen LogP) is 4.48. The van der Waals surface area contributed by atoms with Gasteiger partial charge in [-0.05, 0) is 18.6 Å². The Morgan fingerprint density at radius 1 is 1.23 bits per heavy atom. The molecule has 0 spiro atoms. The molecule has 0 aliphatic heterocycles. The molecule has 35 heavy (non-hydrogen) atoms. The Bertz CT molecular complexity index is 1360. The Kier molecular flexibility index (Phi) is 7.67. The van der Waals surface area contributed by atoms with E-state index in [1.807, 2.05) is 0 Å². The molecule has 186 valence electrons. The van der Waals surface area contributed by atoms with E-state index in [4.69, 9.17) is 11.6 Å². The van der Waals surface area contributed by atoms with Gasteiger partial charge in [-0.15, -0.1) is 5.06 Å². The van der Waals surface area contributed by atoms with Crippen molar-refractivity contribution in [1.29, 1.82) is 0 Å². The quantitative estimate of drug-likeness (QED) is 0.356. The topological polar surface area (TPSA) is 119 Å². The highest BCUT2D eigenvalue weighted by molar-refractivity contribution is 7.91. The van der Waals surface area contributed by atoms with Crippen molar-refractivity contribution < 1.29 is 36.0 Å². The highest BCUT2D eigenvalue weighted by Crippen LogP contribution is 2.37. The van der Waals surface area contributed by atoms with Gasteiger partial charge >= 0.3 is 12.1 Å². The number of hydroxylamine groups is 1. The minimum Gasteiger partial charge on any atom is -0.322 e. The number of sulfonamides is 1. The third-order valence-corrected chi connectivity index (χ3v) is 6.94. The molecule has 1 aromatic carbocycles. The first-order valence-electron chi connectivity index (χ1n) is 9.54. The minimum absolute atomic E-state index is 0.0404. The summed E-state index contributed by atoms with van der Waals surface area (Å²) >= 11 is 6.79. The lowest BCUT2D eigenvalue weighted by Crippen LogP contribution is -2.37. The average molecular weight is 549 g/mol. The fourth-order valence-corrected chi connectivity index (χ4v) is 5.19. The fourth-order valence-electron chi connectivity index (χ4n) is 2.75. The molecule has 3 rings (SSSR count). The number of nitrogens with zero attached hydrogens (tertiary/aromatic N) is 3. The molecule has 1 amide bonds. The molecule has 0 aliphatic rings. The number of rotatable bonds is 6. The Balaban J connectivity index is 1.90. The van der Waals surface area contributed by atoms with Crippen LogP contribution in [0.5, 0.6) is 0 Å². The lowest BCUT2D eigenvalue weighted by atomic mass is 10.2. The highest BCUT2D eigenvalue weighted by atomic mass is 35.5. The largest absolute Gasteiger partial charge is 0.493 e. The van der Waals surface area contributed by atoms with E-state index < -0.39 is 28.1 Å². The van der Waals surface area contributed by atoms with Crippen molar-refractivity contribution in [3.05, 3.63) is 59.0 Å². The molecule has 0 aliphatic carbocycles. The maximum absolute atomic E-state index is 12.6. The van der Waals surface area contributed by atoms with Gasteiger partial charge in [-0.3, -0.25) is 9.52 Å². The van der Waals surface area contributed by atoms with Gasteiger partial charge in [0.2, 0.25) is 15.2 Å². The van der Waals surface area contributed by atoms with Crippen LogP contribution < -0.4 is 9.79 Å². The number of nitrogens with one attached hydrogen (secondary N) is 1. The summed E-state index contributed by atoms with van der Waals surface area (Å²) in [5.74, 6) is -3.94. The number of aromatic nitrogens is 2. The van der Waals surface area contributed by atoms with Crippen LogP contribution in [-0.2, 0) is 30.2 Å². The van der Waals surface area contributed by atoms with Crippen molar-refractivity contribution in [3.8, 4) is 10.4 Å². The van der Waals surface area contributed by atoms with Gasteiger partial charge in [-0.25, -0.2) is 23.2 Å². The van der Waals surface area contributed by atoms with E-state index in [9.17, 15) is 31.2 Å². The Morgan fingerprint density at radius 2 is 1.89 bits per heavy atom. The summed E-state index contributed by atoms with van der Waals surface area (Å²) in [6, 6.07) is 9.79. The summed E-state index contributed by atoms with van der Waals surface area (Å²) < 4.78 is 65.3. The number of benzene rings is 1. The third kappa shape index (κ3) is 6.68. The molecular weight excluding hydrogens is 533 g/mol. The summed E-state index contributed by atoms with van der Waals surface area (Å²) in [6.45, 7) is 2.39. The zero-order valence-corrected chi connectivity index (χ0v) is 20.3. The first-order chi connectivity index (χ1) is 16.3. The lowest BCUT2D eigenvalue weighted by Gasteiger charge is -2.16. The number of carbonyl (C=O) groups is 2. The summed E-state index contributed by atoms with van der Waals surface area (Å²) in [4.78, 5) is 35.5. The monoisotopic (exact) mass is 548 g/mol. The van der Waals surface area contributed by atoms with Crippen LogP contribution in [0.2, 0.25) is 5.15 Å². The van der Waals surface area contributed by atoms with Crippen LogP contribution >= 0.6 is 22.9 Å². The molecule has 9 nitrogen and oxygen atoms in total. The number of carbonyl (C=O) groups excluding carboxylic acids is 2. The number of anilines is 2. The minimum atomic E-state index is -5.32. The molecule has 0 saturated heterocycles. The Labute approximate surface area is 206 Å². The second kappa shape index (κ2) is 10.2. The molecule has 15 heteroatoms. The van der Waals surface area contributed by atoms with Crippen LogP contribution in [0, 0.1) is 6.92 Å². The number of hydrogen-bond acceptors (Lipinski definition) is 8. The van der Waals surface area contributed by atoms with Crippen molar-refractivity contribution in [2.45, 2.75) is 25.8 Å². The Hall–Kier alpha value is -3.23. The van der Waals surface area contributed by atoms with Gasteiger partial charge in [0.1, 0.15) is 0 Å². The van der Waals surface area contributed by atoms with Crippen molar-refractivity contribution in [3.63, 3.8) is 0 Å². The number of pyridine rings is 1. The summed E-state index contributed by atoms with van der Waals surface area (Å²) in [5.41, 5.74) is 1.06. The van der Waals surface area contributed by atoms with Crippen molar-refractivity contribution >= 4 is 55.7 Å². The Morgan fingerprint density at radius 3 is 2.49 bits per heavy atom. The van der Waals surface area contributed by atoms with Crippen LogP contribution in [0.4, 0.5) is 24.0 Å². The number of thiazole rings is 1. The van der Waals surface area contributed by atoms with Gasteiger partial charge in [-0.2, -0.15) is 13.2 Å². The normalized spacial score (nSPS) is 11.7. The third-order valence-electron chi connectivity index (χ3n) is 4.22. The number of halogens is 4. The van der Waals surface area contributed by atoms with Crippen LogP contribution in [0.3, 0.4) is 0 Å². The summed E-state index contributed by atoms with van der Waals surface area (Å²) in [7, 11) is -3.87. The van der Waals surface area contributed by atoms with Gasteiger partial charge in [0.15, 0.2) is 5.15 Å². The summed E-state index contributed by atoms with van der Waals surface area (Å²) in [6.07, 6.45) is -4.03. The summed E-state index contributed by atoms with van der Waals surface area (Å²) in [5, 5.41) is -0.356. The molecule has 2 heterocycles. The molecule has 0 atom stereocenters. The van der Waals surface area contributed by atoms with E-state index in [1.165, 1.54) is 19.2 Å². The standard InChI is InChI=1S/C20H16ClF3N4O5S2/c1-11-16(34-19(26-11)28(12(2)29)33-18(30)20(22,23)24)14-8-15(17(21)25-9-14)27-35(31,32)10-13-6-4-3-5-7-13/h3-9,27H,10H2,1-2H3. The SMILES string of the molecule is CC(=O)N(OC(=O)C(F)(F)F)c1nc(C)c(-c2cnc(Cl)c(NS(=O)(=O)Cc3ccccc3)c2)s1. The second-order valence-corrected chi connectivity index (χ2v) is 10.1. The molecular formula is C20H16ClF3N4O5S2. The molecule has 0 saturated carbocycles. The second-order valence-electron chi connectivity index (χ2n) is 7.01. The van der Waals surface area contributed by atoms with E-state index in [1.54, 1.807) is 30.3 Å². The molecule has 3 aromatic rings. The van der Waals surface area contributed by atoms with Crippen LogP contribution in [0.25, 0.3) is 10.4 Å². The van der Waals surface area contributed by atoms with Crippen LogP contribution in [-0.4, -0.2) is 36.4 Å². The molecule has 0 radical (unpaired) electrons. The number of alkyl halides is 3. The van der Waals surface area contributed by atoms with Crippen molar-refractivity contribution in [2.24, 2.45) is 0 Å². The first-order valence-corrected chi connectivity index (χ1v) is 12.4. The van der Waals surface area contributed by atoms with Gasteiger partial charge < -0.3 is 4.84 Å². The first kappa shape index (κ1) is 26.4. The molecule has 2 aromatic heterocycles. The van der Waals surface area contributed by atoms with Crippen molar-refractivity contribution in [2.75, 3.05) is 9.79 Å². The van der Waals surface area contributed by atoms with Gasteiger partial charge in [0, 0.05) is 18.7 Å². The smallest absolute Gasteiger partial charge is 0.322 e. The molecule has 0 unspecified atom stereocenters. The van der Waals surface area contributed by atoms with E-state index in [0.29, 0.717) is 16.0 Å². The van der Waals surface area contributed by atoms with E-state index >= 15 is 0 Å². The maximum atomic E-state index is 12.6. The van der Waals surface area contributed by atoms with Gasteiger partial charge in [0.05, 0.1) is 22.0 Å². The van der Waals surface area contributed by atoms with Gasteiger partial charge in [0.25, 0.3) is 5.91 Å². The number of hydrogen-bond donors (Lipinski definition) is 1. The molecule has 1 N–H and O–H groups in total. The number of aryl methyl sites for hydroxylation is 1. The zero-order chi connectivity index (χ0) is 26.0. The van der Waals surface area contributed by atoms with E-state index in [-0.39, 0.29) is 32.5 Å². The fraction of sp³-hybridized carbons (Fsp3) is 0.200. The molecule has 0 bridgehead atoms. The van der Waals surface area contributed by atoms with Crippen LogP contribution in [0.15, 0.2) is 42.6 Å². The lowest BCUT2D eigenvalue weighted by molar-refractivity contribution is -0.201. The predicted molar refractivity (Wildman–Crippen MR) is 123 cm³/mol. The van der Waals surface area contributed by atoms with E-state index in [2.05, 4.69) is 19.5 Å².